The summed E-state index contributed by atoms with van der Waals surface area (Å²) in [7, 11) is 1.63. The van der Waals surface area contributed by atoms with Crippen LogP contribution in [0.4, 0.5) is 5.69 Å². The molecule has 1 saturated heterocycles. The quantitative estimate of drug-likeness (QED) is 0.715. The number of nitrogens with one attached hydrogen (secondary N) is 1. The second-order valence-electron chi connectivity index (χ2n) is 8.21. The summed E-state index contributed by atoms with van der Waals surface area (Å²) in [6, 6.07) is 13.1. The number of methoxy groups -OCH3 is 1. The van der Waals surface area contributed by atoms with Crippen molar-refractivity contribution in [3.8, 4) is 5.75 Å². The molecule has 2 aliphatic rings. The molecule has 0 aromatic heterocycles. The lowest BCUT2D eigenvalue weighted by molar-refractivity contribution is -0.112. The molecule has 0 bridgehead atoms. The molecule has 156 valence electrons. The Hall–Kier alpha value is -2.73. The molecule has 0 spiro atoms. The second-order valence-corrected chi connectivity index (χ2v) is 9.29. The van der Waals surface area contributed by atoms with Gasteiger partial charge in [0.05, 0.1) is 17.7 Å². The number of thioether (sulfide) groups is 1. The van der Waals surface area contributed by atoms with Gasteiger partial charge in [0.1, 0.15) is 5.75 Å². The van der Waals surface area contributed by atoms with Crippen molar-refractivity contribution in [2.75, 3.05) is 25.5 Å². The maximum Gasteiger partial charge on any atom is 0.262 e. The molecule has 2 aromatic rings. The Bertz CT molecular complexity index is 990. The van der Waals surface area contributed by atoms with Gasteiger partial charge in [-0.25, -0.2) is 0 Å². The molecule has 2 aromatic carbocycles. The van der Waals surface area contributed by atoms with Gasteiger partial charge < -0.3 is 15.0 Å². The summed E-state index contributed by atoms with van der Waals surface area (Å²) < 4.78 is 5.18. The molecule has 0 saturated carbocycles. The fourth-order valence-corrected chi connectivity index (χ4v) is 5.09. The van der Waals surface area contributed by atoms with Crippen molar-refractivity contribution in [1.29, 1.82) is 0 Å². The highest BCUT2D eigenvalue weighted by Gasteiger charge is 2.28. The van der Waals surface area contributed by atoms with Gasteiger partial charge in [-0.3, -0.25) is 9.59 Å². The third kappa shape index (κ3) is 4.38. The summed E-state index contributed by atoms with van der Waals surface area (Å²) in [5.41, 5.74) is 2.25. The van der Waals surface area contributed by atoms with Crippen LogP contribution in [-0.4, -0.2) is 36.9 Å². The number of fused-ring (bicyclic) bond motifs is 1. The molecule has 4 rings (SSSR count). The summed E-state index contributed by atoms with van der Waals surface area (Å²) in [5.74, 6) is 1.67. The van der Waals surface area contributed by atoms with E-state index in [4.69, 9.17) is 4.74 Å². The SMILES string of the molecule is COc1ccc(/C=C2/Sc3ccc(C(=O)N4C[C@H](C)C[C@@H](C)C4)cc3NC2=O)cc1. The Morgan fingerprint density at radius 3 is 2.50 bits per heavy atom. The number of rotatable bonds is 3. The molecule has 0 unspecified atom stereocenters. The van der Waals surface area contributed by atoms with E-state index in [-0.39, 0.29) is 11.8 Å². The van der Waals surface area contributed by atoms with Gasteiger partial charge in [-0.2, -0.15) is 0 Å². The zero-order valence-electron chi connectivity index (χ0n) is 17.5. The van der Waals surface area contributed by atoms with Gasteiger partial charge >= 0.3 is 0 Å². The van der Waals surface area contributed by atoms with Gasteiger partial charge in [0.2, 0.25) is 0 Å². The average Bonchev–Trinajstić information content (AvgIpc) is 2.73. The number of ether oxygens (including phenoxy) is 1. The van der Waals surface area contributed by atoms with Gasteiger partial charge in [-0.1, -0.05) is 37.7 Å². The van der Waals surface area contributed by atoms with E-state index >= 15 is 0 Å². The van der Waals surface area contributed by atoms with Crippen molar-refractivity contribution in [3.05, 3.63) is 58.5 Å². The van der Waals surface area contributed by atoms with Crippen molar-refractivity contribution in [2.24, 2.45) is 11.8 Å². The molecule has 2 atom stereocenters. The number of benzene rings is 2. The van der Waals surface area contributed by atoms with E-state index < -0.39 is 0 Å². The minimum Gasteiger partial charge on any atom is -0.497 e. The summed E-state index contributed by atoms with van der Waals surface area (Å²) >= 11 is 1.42. The molecule has 2 heterocycles. The third-order valence-electron chi connectivity index (χ3n) is 5.49. The molecular weight excluding hydrogens is 396 g/mol. The smallest absolute Gasteiger partial charge is 0.262 e. The molecule has 6 heteroatoms. The van der Waals surface area contributed by atoms with Crippen LogP contribution in [0.3, 0.4) is 0 Å². The largest absolute Gasteiger partial charge is 0.497 e. The topological polar surface area (TPSA) is 58.6 Å². The van der Waals surface area contributed by atoms with Crippen LogP contribution >= 0.6 is 11.8 Å². The van der Waals surface area contributed by atoms with E-state index in [0.29, 0.717) is 28.0 Å². The van der Waals surface area contributed by atoms with Crippen LogP contribution in [-0.2, 0) is 4.79 Å². The van der Waals surface area contributed by atoms with Crippen molar-refractivity contribution >= 4 is 35.3 Å². The van der Waals surface area contributed by atoms with Crippen LogP contribution in [0.25, 0.3) is 6.08 Å². The number of nitrogens with zero attached hydrogens (tertiary/aromatic N) is 1. The molecule has 1 N–H and O–H groups in total. The molecule has 0 radical (unpaired) electrons. The van der Waals surface area contributed by atoms with Gasteiger partial charge in [-0.05, 0) is 60.2 Å². The van der Waals surface area contributed by atoms with Crippen LogP contribution in [0.2, 0.25) is 0 Å². The summed E-state index contributed by atoms with van der Waals surface area (Å²) in [5, 5.41) is 2.95. The van der Waals surface area contributed by atoms with E-state index in [1.807, 2.05) is 47.4 Å². The monoisotopic (exact) mass is 422 g/mol. The van der Waals surface area contributed by atoms with Gasteiger partial charge in [0.25, 0.3) is 11.8 Å². The molecule has 1 fully saturated rings. The number of anilines is 1. The first-order chi connectivity index (χ1) is 14.4. The molecule has 2 amide bonds. The predicted molar refractivity (Wildman–Crippen MR) is 121 cm³/mol. The standard InChI is InChI=1S/C24H26N2O3S/c1-15-10-16(2)14-26(13-15)24(28)18-6-9-21-20(12-18)25-23(27)22(30-21)11-17-4-7-19(29-3)8-5-17/h4-9,11-12,15-16H,10,13-14H2,1-3H3,(H,25,27)/b22-11+/t15-,16-/m1/s1. The van der Waals surface area contributed by atoms with E-state index in [1.165, 1.54) is 11.8 Å². The van der Waals surface area contributed by atoms with E-state index in [2.05, 4.69) is 19.2 Å². The second kappa shape index (κ2) is 8.56. The zero-order valence-corrected chi connectivity index (χ0v) is 18.3. The summed E-state index contributed by atoms with van der Waals surface area (Å²) in [6.45, 7) is 5.96. The fourth-order valence-electron chi connectivity index (χ4n) is 4.16. The first-order valence-corrected chi connectivity index (χ1v) is 11.0. The Balaban J connectivity index is 1.53. The minimum absolute atomic E-state index is 0.0371. The highest BCUT2D eigenvalue weighted by atomic mass is 32.2. The summed E-state index contributed by atoms with van der Waals surface area (Å²) in [4.78, 5) is 29.1. The zero-order chi connectivity index (χ0) is 21.3. The van der Waals surface area contributed by atoms with Crippen LogP contribution in [0, 0.1) is 11.8 Å². The van der Waals surface area contributed by atoms with Crippen molar-refractivity contribution in [2.45, 2.75) is 25.2 Å². The van der Waals surface area contributed by atoms with E-state index in [9.17, 15) is 9.59 Å². The predicted octanol–water partition coefficient (Wildman–Crippen LogP) is 4.90. The molecule has 30 heavy (non-hydrogen) atoms. The number of likely N-dealkylation sites (tertiary alicyclic amines) is 1. The average molecular weight is 423 g/mol. The maximum atomic E-state index is 13.0. The van der Waals surface area contributed by atoms with Crippen LogP contribution in [0.5, 0.6) is 5.75 Å². The van der Waals surface area contributed by atoms with Crippen LogP contribution in [0.1, 0.15) is 36.2 Å². The molecule has 2 aliphatic heterocycles. The number of piperidine rings is 1. The highest BCUT2D eigenvalue weighted by molar-refractivity contribution is 8.04. The fraction of sp³-hybridized carbons (Fsp3) is 0.333. The lowest BCUT2D eigenvalue weighted by Crippen LogP contribution is -2.42. The number of carbonyl (C=O) groups excluding carboxylic acids is 2. The minimum atomic E-state index is -0.159. The van der Waals surface area contributed by atoms with E-state index in [1.54, 1.807) is 13.2 Å². The number of amides is 2. The van der Waals surface area contributed by atoms with Crippen molar-refractivity contribution in [3.63, 3.8) is 0 Å². The number of hydrogen-bond acceptors (Lipinski definition) is 4. The van der Waals surface area contributed by atoms with Crippen molar-refractivity contribution < 1.29 is 14.3 Å². The first kappa shape index (κ1) is 20.5. The summed E-state index contributed by atoms with van der Waals surface area (Å²) in [6.07, 6.45) is 3.02. The first-order valence-electron chi connectivity index (χ1n) is 10.2. The number of carbonyl (C=O) groups is 2. The lowest BCUT2D eigenvalue weighted by Gasteiger charge is -2.35. The Morgan fingerprint density at radius 1 is 1.13 bits per heavy atom. The third-order valence-corrected chi connectivity index (χ3v) is 6.59. The molecular formula is C24H26N2O3S. The molecule has 5 nitrogen and oxygen atoms in total. The Kier molecular flexibility index (Phi) is 5.86. The Morgan fingerprint density at radius 2 is 1.83 bits per heavy atom. The van der Waals surface area contributed by atoms with Crippen LogP contribution < -0.4 is 10.1 Å². The Labute approximate surface area is 181 Å². The lowest BCUT2D eigenvalue weighted by atomic mass is 9.91. The highest BCUT2D eigenvalue weighted by Crippen LogP contribution is 2.39. The van der Waals surface area contributed by atoms with Gasteiger partial charge in [0.15, 0.2) is 0 Å². The maximum absolute atomic E-state index is 13.0. The van der Waals surface area contributed by atoms with Gasteiger partial charge in [0, 0.05) is 23.5 Å². The molecule has 0 aliphatic carbocycles. The van der Waals surface area contributed by atoms with Crippen molar-refractivity contribution in [1.82, 2.24) is 4.90 Å². The normalized spacial score (nSPS) is 22.4. The van der Waals surface area contributed by atoms with Gasteiger partial charge in [-0.15, -0.1) is 0 Å². The number of hydrogen-bond donors (Lipinski definition) is 1. The van der Waals surface area contributed by atoms with E-state index in [0.717, 1.165) is 35.7 Å². The van der Waals surface area contributed by atoms with Crippen LogP contribution in [0.15, 0.2) is 52.3 Å².